The van der Waals surface area contributed by atoms with Crippen molar-refractivity contribution in [1.82, 2.24) is 5.32 Å². The minimum Gasteiger partial charge on any atom is -0.478 e. The maximum atomic E-state index is 13.5. The number of rotatable bonds is 11. The number of halogens is 3. The minimum atomic E-state index is -4.65. The highest BCUT2D eigenvalue weighted by Crippen LogP contribution is 2.36. The number of carboxylic acid groups (broad SMARTS) is 1. The average Bonchev–Trinajstić information content (AvgIpc) is 3.20. The average molecular weight is 506 g/mol. The summed E-state index contributed by atoms with van der Waals surface area (Å²) in [7, 11) is 0. The summed E-state index contributed by atoms with van der Waals surface area (Å²) in [5, 5.41) is 22.8. The van der Waals surface area contributed by atoms with Crippen molar-refractivity contribution in [2.24, 2.45) is 5.92 Å². The predicted molar refractivity (Wildman–Crippen MR) is 133 cm³/mol. The van der Waals surface area contributed by atoms with Crippen LogP contribution in [0.5, 0.6) is 0 Å². The Morgan fingerprint density at radius 2 is 1.78 bits per heavy atom. The fourth-order valence-electron chi connectivity index (χ4n) is 4.91. The third-order valence-electron chi connectivity index (χ3n) is 6.57. The zero-order valence-electron chi connectivity index (χ0n) is 20.8. The zero-order chi connectivity index (χ0) is 26.5. The van der Waals surface area contributed by atoms with E-state index in [1.807, 2.05) is 0 Å². The fourth-order valence-corrected chi connectivity index (χ4v) is 4.91. The number of fused-ring (bicyclic) bond motifs is 1. The summed E-state index contributed by atoms with van der Waals surface area (Å²) in [5.41, 5.74) is 1.58. The molecule has 3 N–H and O–H groups in total. The summed E-state index contributed by atoms with van der Waals surface area (Å²) < 4.78 is 46.2. The van der Waals surface area contributed by atoms with Gasteiger partial charge in [-0.1, -0.05) is 36.4 Å². The van der Waals surface area contributed by atoms with Crippen LogP contribution >= 0.6 is 0 Å². The van der Waals surface area contributed by atoms with Gasteiger partial charge in [-0.2, -0.15) is 13.2 Å². The third kappa shape index (κ3) is 7.66. The molecule has 0 amide bonds. The SMILES string of the molecule is C[C@@H](OC[C@H](O)CNC(C)(C)CC1Cc2ccccc2C1)c1cccc(C(F)(F)F)c1/C=C/C(=O)O. The first kappa shape index (κ1) is 27.9. The summed E-state index contributed by atoms with van der Waals surface area (Å²) in [5.74, 6) is -0.825. The second-order valence-electron chi connectivity index (χ2n) is 10.1. The summed E-state index contributed by atoms with van der Waals surface area (Å²) in [6.07, 6.45) is -1.68. The summed E-state index contributed by atoms with van der Waals surface area (Å²) in [6.45, 7) is 5.95. The van der Waals surface area contributed by atoms with E-state index in [1.165, 1.54) is 23.3 Å². The van der Waals surface area contributed by atoms with Gasteiger partial charge in [0.2, 0.25) is 0 Å². The molecule has 0 unspecified atom stereocenters. The lowest BCUT2D eigenvalue weighted by Gasteiger charge is -2.31. The Labute approximate surface area is 210 Å². The first-order valence-electron chi connectivity index (χ1n) is 12.1. The molecule has 0 saturated carbocycles. The molecule has 0 radical (unpaired) electrons. The van der Waals surface area contributed by atoms with Crippen LogP contribution in [0.2, 0.25) is 0 Å². The minimum absolute atomic E-state index is 0.0859. The number of alkyl halides is 3. The molecule has 8 heteroatoms. The van der Waals surface area contributed by atoms with E-state index >= 15 is 0 Å². The highest BCUT2D eigenvalue weighted by Gasteiger charge is 2.34. The van der Waals surface area contributed by atoms with Crippen LogP contribution in [0.3, 0.4) is 0 Å². The van der Waals surface area contributed by atoms with Crippen molar-refractivity contribution in [1.29, 1.82) is 0 Å². The van der Waals surface area contributed by atoms with Crippen molar-refractivity contribution in [3.8, 4) is 0 Å². The maximum absolute atomic E-state index is 13.5. The van der Waals surface area contributed by atoms with Gasteiger partial charge >= 0.3 is 12.1 Å². The van der Waals surface area contributed by atoms with Crippen molar-refractivity contribution in [2.45, 2.75) is 64.0 Å². The lowest BCUT2D eigenvalue weighted by molar-refractivity contribution is -0.138. The van der Waals surface area contributed by atoms with Crippen LogP contribution in [0, 0.1) is 5.92 Å². The van der Waals surface area contributed by atoms with Crippen LogP contribution in [0.4, 0.5) is 13.2 Å². The molecule has 36 heavy (non-hydrogen) atoms. The number of hydrogen-bond donors (Lipinski definition) is 3. The number of benzene rings is 2. The molecule has 0 spiro atoms. The van der Waals surface area contributed by atoms with E-state index < -0.39 is 29.9 Å². The van der Waals surface area contributed by atoms with Gasteiger partial charge in [0, 0.05) is 18.2 Å². The smallest absolute Gasteiger partial charge is 0.416 e. The van der Waals surface area contributed by atoms with E-state index in [0.717, 1.165) is 31.4 Å². The summed E-state index contributed by atoms with van der Waals surface area (Å²) >= 11 is 0. The fraction of sp³-hybridized carbons (Fsp3) is 0.464. The molecule has 0 bridgehead atoms. The van der Waals surface area contributed by atoms with Gasteiger partial charge in [0.15, 0.2) is 0 Å². The topological polar surface area (TPSA) is 78.8 Å². The highest BCUT2D eigenvalue weighted by atomic mass is 19.4. The van der Waals surface area contributed by atoms with E-state index in [0.29, 0.717) is 12.0 Å². The van der Waals surface area contributed by atoms with Crippen LogP contribution < -0.4 is 5.32 Å². The van der Waals surface area contributed by atoms with Crippen LogP contribution in [0.25, 0.3) is 6.08 Å². The molecule has 196 valence electrons. The molecule has 3 rings (SSSR count). The van der Waals surface area contributed by atoms with Gasteiger partial charge in [-0.05, 0) is 80.3 Å². The molecule has 2 atom stereocenters. The lowest BCUT2D eigenvalue weighted by Crippen LogP contribution is -2.45. The van der Waals surface area contributed by atoms with Gasteiger partial charge in [-0.15, -0.1) is 0 Å². The second-order valence-corrected chi connectivity index (χ2v) is 10.1. The lowest BCUT2D eigenvalue weighted by atomic mass is 9.88. The van der Waals surface area contributed by atoms with Crippen molar-refractivity contribution < 1.29 is 32.9 Å². The molecule has 0 fully saturated rings. The molecule has 5 nitrogen and oxygen atoms in total. The quantitative estimate of drug-likeness (QED) is 0.356. The van der Waals surface area contributed by atoms with Crippen molar-refractivity contribution in [3.63, 3.8) is 0 Å². The number of hydrogen-bond acceptors (Lipinski definition) is 4. The Bertz CT molecular complexity index is 1060. The molecule has 1 aliphatic carbocycles. The molecule has 0 aliphatic heterocycles. The van der Waals surface area contributed by atoms with Crippen LogP contribution in [-0.2, 0) is 28.5 Å². The van der Waals surface area contributed by atoms with Gasteiger partial charge in [0.25, 0.3) is 0 Å². The van der Waals surface area contributed by atoms with Gasteiger partial charge in [-0.3, -0.25) is 0 Å². The van der Waals surface area contributed by atoms with Crippen molar-refractivity contribution >= 4 is 12.0 Å². The van der Waals surface area contributed by atoms with Crippen LogP contribution in [-0.4, -0.2) is 41.0 Å². The number of carbonyl (C=O) groups is 1. The Kier molecular flexibility index (Phi) is 8.98. The van der Waals surface area contributed by atoms with Crippen LogP contribution in [0.15, 0.2) is 48.5 Å². The molecule has 2 aromatic rings. The number of carboxylic acids is 1. The van der Waals surface area contributed by atoms with E-state index in [-0.39, 0.29) is 29.8 Å². The first-order chi connectivity index (χ1) is 16.9. The van der Waals surface area contributed by atoms with E-state index in [1.54, 1.807) is 6.92 Å². The molecule has 1 aliphatic rings. The summed E-state index contributed by atoms with van der Waals surface area (Å²) in [6, 6.07) is 12.1. The Hall–Kier alpha value is -2.68. The van der Waals surface area contributed by atoms with E-state index in [2.05, 4.69) is 43.4 Å². The monoisotopic (exact) mass is 505 g/mol. The normalized spacial score (nSPS) is 16.3. The number of β-amino-alcohol motifs (C(OH)–C–C–N with tert-alkyl or cyclic N) is 1. The predicted octanol–water partition coefficient (Wildman–Crippen LogP) is 5.42. The molecule has 0 saturated heterocycles. The van der Waals surface area contributed by atoms with Crippen molar-refractivity contribution in [2.75, 3.05) is 13.2 Å². The van der Waals surface area contributed by atoms with Gasteiger partial charge in [-0.25, -0.2) is 4.79 Å². The number of aliphatic hydroxyl groups excluding tert-OH is 1. The van der Waals surface area contributed by atoms with Gasteiger partial charge in [0.1, 0.15) is 0 Å². The van der Waals surface area contributed by atoms with E-state index in [4.69, 9.17) is 9.84 Å². The molecule has 2 aromatic carbocycles. The van der Waals surface area contributed by atoms with Gasteiger partial charge in [0.05, 0.1) is 24.4 Å². The molecular weight excluding hydrogens is 471 g/mol. The number of nitrogens with one attached hydrogen (secondary N) is 1. The van der Waals surface area contributed by atoms with Crippen LogP contribution in [0.1, 0.15) is 61.1 Å². The standard InChI is InChI=1S/C28H34F3NO4/c1-18(23-9-6-10-25(28(29,30)31)24(23)11-12-26(34)35)36-17-22(33)16-32-27(2,3)15-19-13-20-7-4-5-8-21(20)14-19/h4-12,18-19,22,32-33H,13-17H2,1-3H3,(H,34,35)/b12-11+/t18-,22-/m1/s1. The molecule has 0 aromatic heterocycles. The maximum Gasteiger partial charge on any atom is 0.416 e. The number of aliphatic hydroxyl groups is 1. The van der Waals surface area contributed by atoms with Crippen molar-refractivity contribution in [3.05, 3.63) is 76.4 Å². The Balaban J connectivity index is 1.55. The van der Waals surface area contributed by atoms with Gasteiger partial charge < -0.3 is 20.3 Å². The Morgan fingerprint density at radius 3 is 2.36 bits per heavy atom. The first-order valence-corrected chi connectivity index (χ1v) is 12.1. The zero-order valence-corrected chi connectivity index (χ0v) is 20.8. The van der Waals surface area contributed by atoms with E-state index in [9.17, 15) is 23.1 Å². The number of aliphatic carboxylic acids is 1. The second kappa shape index (κ2) is 11.6. The highest BCUT2D eigenvalue weighted by molar-refractivity contribution is 5.86. The number of ether oxygens (including phenoxy) is 1. The molecule has 0 heterocycles. The third-order valence-corrected chi connectivity index (χ3v) is 6.57. The molecular formula is C28H34F3NO4. The Morgan fingerprint density at radius 1 is 1.14 bits per heavy atom. The largest absolute Gasteiger partial charge is 0.478 e. The summed E-state index contributed by atoms with van der Waals surface area (Å²) in [4.78, 5) is 10.9.